The number of hydrogen-bond acceptors (Lipinski definition) is 2. The van der Waals surface area contributed by atoms with Crippen molar-refractivity contribution in [1.82, 2.24) is 5.32 Å². The van der Waals surface area contributed by atoms with Crippen molar-refractivity contribution in [3.63, 3.8) is 0 Å². The van der Waals surface area contributed by atoms with Gasteiger partial charge in [0.05, 0.1) is 0 Å². The Labute approximate surface area is 123 Å². The summed E-state index contributed by atoms with van der Waals surface area (Å²) in [6, 6.07) is 11.1. The SMILES string of the molecule is CCCNCc1cccc(F)c1OCc1ccccc1F. The minimum Gasteiger partial charge on any atom is -0.485 e. The fraction of sp³-hybridized carbons (Fsp3) is 0.294. The number of para-hydroxylation sites is 1. The minimum atomic E-state index is -0.429. The Bertz CT molecular complexity index is 587. The van der Waals surface area contributed by atoms with Crippen LogP contribution in [0.15, 0.2) is 42.5 Å². The van der Waals surface area contributed by atoms with Crippen LogP contribution in [0.5, 0.6) is 5.75 Å². The Morgan fingerprint density at radius 2 is 1.67 bits per heavy atom. The Morgan fingerprint density at radius 3 is 2.43 bits per heavy atom. The molecule has 0 aliphatic heterocycles. The van der Waals surface area contributed by atoms with Crippen LogP contribution in [0, 0.1) is 11.6 Å². The summed E-state index contributed by atoms with van der Waals surface area (Å²) in [5.74, 6) is -0.592. The number of rotatable bonds is 7. The zero-order valence-electron chi connectivity index (χ0n) is 12.0. The van der Waals surface area contributed by atoms with Crippen LogP contribution in [0.1, 0.15) is 24.5 Å². The van der Waals surface area contributed by atoms with Crippen LogP contribution >= 0.6 is 0 Å². The third-order valence-corrected chi connectivity index (χ3v) is 3.12. The van der Waals surface area contributed by atoms with Crippen LogP contribution in [0.3, 0.4) is 0 Å². The van der Waals surface area contributed by atoms with Gasteiger partial charge >= 0.3 is 0 Å². The van der Waals surface area contributed by atoms with Gasteiger partial charge in [-0.05, 0) is 25.1 Å². The van der Waals surface area contributed by atoms with Crippen molar-refractivity contribution in [3.8, 4) is 5.75 Å². The Balaban J connectivity index is 2.09. The van der Waals surface area contributed by atoms with Crippen LogP contribution < -0.4 is 10.1 Å². The lowest BCUT2D eigenvalue weighted by Crippen LogP contribution is -2.15. The molecule has 1 N–H and O–H groups in total. The molecule has 0 saturated heterocycles. The van der Waals surface area contributed by atoms with Crippen LogP contribution in [0.4, 0.5) is 8.78 Å². The molecule has 0 amide bonds. The van der Waals surface area contributed by atoms with E-state index in [1.54, 1.807) is 24.3 Å². The first kappa shape index (κ1) is 15.4. The molecule has 0 fully saturated rings. The van der Waals surface area contributed by atoms with E-state index in [9.17, 15) is 8.78 Å². The predicted molar refractivity (Wildman–Crippen MR) is 79.1 cm³/mol. The average molecular weight is 291 g/mol. The lowest BCUT2D eigenvalue weighted by Gasteiger charge is -2.13. The van der Waals surface area contributed by atoms with Gasteiger partial charge in [-0.15, -0.1) is 0 Å². The first-order chi connectivity index (χ1) is 10.2. The lowest BCUT2D eigenvalue weighted by atomic mass is 10.2. The second-order valence-corrected chi connectivity index (χ2v) is 4.78. The number of benzene rings is 2. The lowest BCUT2D eigenvalue weighted by molar-refractivity contribution is 0.281. The number of hydrogen-bond donors (Lipinski definition) is 1. The fourth-order valence-corrected chi connectivity index (χ4v) is 2.02. The van der Waals surface area contributed by atoms with Gasteiger partial charge in [0.2, 0.25) is 0 Å². The first-order valence-electron chi connectivity index (χ1n) is 7.06. The minimum absolute atomic E-state index is 0.00832. The van der Waals surface area contributed by atoms with Gasteiger partial charge < -0.3 is 10.1 Å². The van der Waals surface area contributed by atoms with Crippen LogP contribution in [-0.4, -0.2) is 6.54 Å². The number of ether oxygens (including phenoxy) is 1. The van der Waals surface area contributed by atoms with E-state index >= 15 is 0 Å². The summed E-state index contributed by atoms with van der Waals surface area (Å²) in [5.41, 5.74) is 1.15. The van der Waals surface area contributed by atoms with E-state index in [4.69, 9.17) is 4.74 Å². The zero-order valence-corrected chi connectivity index (χ0v) is 12.0. The van der Waals surface area contributed by atoms with Gasteiger partial charge in [0, 0.05) is 17.7 Å². The van der Waals surface area contributed by atoms with Crippen molar-refractivity contribution in [1.29, 1.82) is 0 Å². The normalized spacial score (nSPS) is 10.6. The molecule has 0 saturated carbocycles. The summed E-state index contributed by atoms with van der Waals surface area (Å²) in [6.07, 6.45) is 1.00. The molecule has 2 nitrogen and oxygen atoms in total. The molecule has 2 aromatic rings. The maximum absolute atomic E-state index is 13.9. The van der Waals surface area contributed by atoms with E-state index in [2.05, 4.69) is 12.2 Å². The van der Waals surface area contributed by atoms with E-state index < -0.39 is 5.82 Å². The Morgan fingerprint density at radius 1 is 0.952 bits per heavy atom. The van der Waals surface area contributed by atoms with E-state index in [0.29, 0.717) is 12.1 Å². The Kier molecular flexibility index (Phi) is 5.69. The molecule has 0 atom stereocenters. The average Bonchev–Trinajstić information content (AvgIpc) is 2.48. The number of nitrogens with one attached hydrogen (secondary N) is 1. The second-order valence-electron chi connectivity index (χ2n) is 4.78. The molecule has 4 heteroatoms. The van der Waals surface area contributed by atoms with Crippen molar-refractivity contribution < 1.29 is 13.5 Å². The highest BCUT2D eigenvalue weighted by atomic mass is 19.1. The highest BCUT2D eigenvalue weighted by Crippen LogP contribution is 2.24. The highest BCUT2D eigenvalue weighted by Gasteiger charge is 2.11. The monoisotopic (exact) mass is 291 g/mol. The van der Waals surface area contributed by atoms with Crippen LogP contribution in [0.25, 0.3) is 0 Å². The zero-order chi connectivity index (χ0) is 15.1. The molecule has 21 heavy (non-hydrogen) atoms. The van der Waals surface area contributed by atoms with Crippen molar-refractivity contribution >= 4 is 0 Å². The summed E-state index contributed by atoms with van der Waals surface area (Å²) in [7, 11) is 0. The van der Waals surface area contributed by atoms with Gasteiger partial charge in [-0.2, -0.15) is 0 Å². The summed E-state index contributed by atoms with van der Waals surface area (Å²) >= 11 is 0. The standard InChI is InChI=1S/C17H19F2NO/c1-2-10-20-11-13-7-5-9-16(19)17(13)21-12-14-6-3-4-8-15(14)18/h3-9,20H,2,10-12H2,1H3. The van der Waals surface area contributed by atoms with Gasteiger partial charge in [0.25, 0.3) is 0 Å². The molecule has 0 radical (unpaired) electrons. The molecular weight excluding hydrogens is 272 g/mol. The third kappa shape index (κ3) is 4.26. The molecule has 0 aliphatic carbocycles. The van der Waals surface area contributed by atoms with Gasteiger partial charge in [-0.3, -0.25) is 0 Å². The molecule has 0 aromatic heterocycles. The van der Waals surface area contributed by atoms with Gasteiger partial charge in [-0.25, -0.2) is 8.78 Å². The molecule has 0 spiro atoms. The molecule has 0 aliphatic rings. The van der Waals surface area contributed by atoms with Gasteiger partial charge in [0.15, 0.2) is 11.6 Å². The molecule has 2 rings (SSSR count). The summed E-state index contributed by atoms with van der Waals surface area (Å²) in [4.78, 5) is 0. The summed E-state index contributed by atoms with van der Waals surface area (Å²) < 4.78 is 33.0. The fourth-order valence-electron chi connectivity index (χ4n) is 2.02. The third-order valence-electron chi connectivity index (χ3n) is 3.12. The van der Waals surface area contributed by atoms with E-state index in [1.807, 2.05) is 6.07 Å². The first-order valence-corrected chi connectivity index (χ1v) is 7.06. The van der Waals surface area contributed by atoms with Crippen LogP contribution in [0.2, 0.25) is 0 Å². The Hall–Kier alpha value is -1.94. The van der Waals surface area contributed by atoms with Gasteiger partial charge in [0.1, 0.15) is 12.4 Å². The van der Waals surface area contributed by atoms with Gasteiger partial charge in [-0.1, -0.05) is 37.3 Å². The summed E-state index contributed by atoms with van der Waals surface area (Å²) in [6.45, 7) is 3.45. The van der Waals surface area contributed by atoms with Crippen molar-refractivity contribution in [2.24, 2.45) is 0 Å². The van der Waals surface area contributed by atoms with Crippen molar-refractivity contribution in [2.75, 3.05) is 6.54 Å². The molecule has 0 bridgehead atoms. The quantitative estimate of drug-likeness (QED) is 0.777. The topological polar surface area (TPSA) is 21.3 Å². The largest absolute Gasteiger partial charge is 0.485 e. The maximum atomic E-state index is 13.9. The molecule has 0 unspecified atom stereocenters. The van der Waals surface area contributed by atoms with E-state index in [1.165, 1.54) is 12.1 Å². The van der Waals surface area contributed by atoms with Crippen molar-refractivity contribution in [2.45, 2.75) is 26.5 Å². The molecule has 2 aromatic carbocycles. The van der Waals surface area contributed by atoms with Crippen LogP contribution in [-0.2, 0) is 13.2 Å². The van der Waals surface area contributed by atoms with E-state index in [0.717, 1.165) is 18.5 Å². The number of halogens is 2. The molecular formula is C17H19F2NO. The second kappa shape index (κ2) is 7.74. The summed E-state index contributed by atoms with van der Waals surface area (Å²) in [5, 5.41) is 3.21. The molecule has 0 heterocycles. The van der Waals surface area contributed by atoms with E-state index in [-0.39, 0.29) is 18.2 Å². The van der Waals surface area contributed by atoms with Crippen molar-refractivity contribution in [3.05, 3.63) is 65.2 Å². The molecule has 112 valence electrons. The highest BCUT2D eigenvalue weighted by molar-refractivity contribution is 5.35. The smallest absolute Gasteiger partial charge is 0.165 e. The maximum Gasteiger partial charge on any atom is 0.165 e. The predicted octanol–water partition coefficient (Wildman–Crippen LogP) is 4.04.